The van der Waals surface area contributed by atoms with E-state index in [2.05, 4.69) is 19.2 Å². The predicted octanol–water partition coefficient (Wildman–Crippen LogP) is 3.59. The highest BCUT2D eigenvalue weighted by molar-refractivity contribution is 4.68. The van der Waals surface area contributed by atoms with Gasteiger partial charge in [-0.3, -0.25) is 0 Å². The number of rotatable bonds is 7. The summed E-state index contributed by atoms with van der Waals surface area (Å²) in [5.41, 5.74) is 0. The van der Waals surface area contributed by atoms with Gasteiger partial charge in [-0.25, -0.2) is 0 Å². The van der Waals surface area contributed by atoms with Crippen LogP contribution in [-0.4, -0.2) is 13.1 Å². The Labute approximate surface area is 89.7 Å². The summed E-state index contributed by atoms with van der Waals surface area (Å²) in [7, 11) is 0. The van der Waals surface area contributed by atoms with E-state index in [0.29, 0.717) is 0 Å². The molecule has 0 aliphatic heterocycles. The molecular weight excluding hydrogens is 170 g/mol. The average Bonchev–Trinajstić information content (AvgIpc) is 2.65. The monoisotopic (exact) mass is 197 g/mol. The molecule has 0 spiro atoms. The van der Waals surface area contributed by atoms with Crippen LogP contribution in [0.25, 0.3) is 0 Å². The van der Waals surface area contributed by atoms with Crippen LogP contribution < -0.4 is 5.32 Å². The minimum Gasteiger partial charge on any atom is -0.316 e. The lowest BCUT2D eigenvalue weighted by Crippen LogP contribution is -2.23. The smallest absolute Gasteiger partial charge is 0.00232 e. The third-order valence-corrected chi connectivity index (χ3v) is 3.48. The van der Waals surface area contributed by atoms with E-state index in [-0.39, 0.29) is 0 Å². The van der Waals surface area contributed by atoms with Crippen molar-refractivity contribution in [1.82, 2.24) is 5.32 Å². The first-order valence-corrected chi connectivity index (χ1v) is 6.53. The summed E-state index contributed by atoms with van der Waals surface area (Å²) in [5, 5.41) is 3.60. The SMILES string of the molecule is CCCC(C)CNCCC1CCCC1. The zero-order valence-corrected chi connectivity index (χ0v) is 10.0. The third-order valence-electron chi connectivity index (χ3n) is 3.48. The molecule has 0 saturated heterocycles. The van der Waals surface area contributed by atoms with Crippen LogP contribution in [0.15, 0.2) is 0 Å². The highest BCUT2D eigenvalue weighted by Crippen LogP contribution is 2.26. The van der Waals surface area contributed by atoms with E-state index in [1.165, 1.54) is 58.0 Å². The minimum atomic E-state index is 0.864. The Balaban J connectivity index is 1.88. The largest absolute Gasteiger partial charge is 0.316 e. The van der Waals surface area contributed by atoms with Crippen LogP contribution in [0.1, 0.15) is 58.8 Å². The fraction of sp³-hybridized carbons (Fsp3) is 1.00. The zero-order chi connectivity index (χ0) is 10.2. The fourth-order valence-electron chi connectivity index (χ4n) is 2.55. The quantitative estimate of drug-likeness (QED) is 0.615. The van der Waals surface area contributed by atoms with Gasteiger partial charge in [0.1, 0.15) is 0 Å². The van der Waals surface area contributed by atoms with Crippen molar-refractivity contribution >= 4 is 0 Å². The second-order valence-electron chi connectivity index (χ2n) is 5.04. The molecule has 0 amide bonds. The summed E-state index contributed by atoms with van der Waals surface area (Å²) in [4.78, 5) is 0. The maximum Gasteiger partial charge on any atom is -0.00232 e. The van der Waals surface area contributed by atoms with E-state index in [0.717, 1.165) is 11.8 Å². The first-order chi connectivity index (χ1) is 6.83. The van der Waals surface area contributed by atoms with Crippen LogP contribution in [0.5, 0.6) is 0 Å². The van der Waals surface area contributed by atoms with E-state index in [9.17, 15) is 0 Å². The molecule has 14 heavy (non-hydrogen) atoms. The maximum atomic E-state index is 3.60. The van der Waals surface area contributed by atoms with Crippen molar-refractivity contribution in [2.45, 2.75) is 58.8 Å². The lowest BCUT2D eigenvalue weighted by Gasteiger charge is -2.13. The van der Waals surface area contributed by atoms with Crippen LogP contribution in [0, 0.1) is 11.8 Å². The Morgan fingerprint density at radius 2 is 2.00 bits per heavy atom. The van der Waals surface area contributed by atoms with E-state index in [1.54, 1.807) is 0 Å². The molecule has 1 nitrogen and oxygen atoms in total. The predicted molar refractivity (Wildman–Crippen MR) is 63.5 cm³/mol. The molecule has 1 saturated carbocycles. The van der Waals surface area contributed by atoms with E-state index < -0.39 is 0 Å². The first kappa shape index (κ1) is 12.0. The van der Waals surface area contributed by atoms with Crippen LogP contribution in [0.4, 0.5) is 0 Å². The molecule has 1 aliphatic carbocycles. The third kappa shape index (κ3) is 4.99. The molecule has 0 aromatic heterocycles. The van der Waals surface area contributed by atoms with Gasteiger partial charge in [0.2, 0.25) is 0 Å². The van der Waals surface area contributed by atoms with Crippen LogP contribution >= 0.6 is 0 Å². The summed E-state index contributed by atoms with van der Waals surface area (Å²) in [6, 6.07) is 0. The maximum absolute atomic E-state index is 3.60. The molecule has 1 rings (SSSR count). The molecule has 1 unspecified atom stereocenters. The normalized spacial score (nSPS) is 20.1. The molecule has 1 N–H and O–H groups in total. The zero-order valence-electron chi connectivity index (χ0n) is 10.0. The highest BCUT2D eigenvalue weighted by atomic mass is 14.8. The molecule has 0 aromatic rings. The Hall–Kier alpha value is -0.0400. The van der Waals surface area contributed by atoms with E-state index >= 15 is 0 Å². The molecular formula is C13H27N. The molecule has 0 bridgehead atoms. The molecule has 0 aromatic carbocycles. The second-order valence-corrected chi connectivity index (χ2v) is 5.04. The van der Waals surface area contributed by atoms with Gasteiger partial charge in [0, 0.05) is 0 Å². The van der Waals surface area contributed by atoms with Crippen molar-refractivity contribution in [3.63, 3.8) is 0 Å². The van der Waals surface area contributed by atoms with Gasteiger partial charge >= 0.3 is 0 Å². The lowest BCUT2D eigenvalue weighted by molar-refractivity contribution is 0.435. The molecule has 0 heterocycles. The Morgan fingerprint density at radius 3 is 2.64 bits per heavy atom. The van der Waals surface area contributed by atoms with E-state index in [1.807, 2.05) is 0 Å². The molecule has 1 heteroatoms. The van der Waals surface area contributed by atoms with Gasteiger partial charge in [0.15, 0.2) is 0 Å². The lowest BCUT2D eigenvalue weighted by atomic mass is 10.0. The first-order valence-electron chi connectivity index (χ1n) is 6.53. The van der Waals surface area contributed by atoms with Gasteiger partial charge in [-0.2, -0.15) is 0 Å². The standard InChI is InChI=1S/C13H27N/c1-3-6-12(2)11-14-10-9-13-7-4-5-8-13/h12-14H,3-11H2,1-2H3. The number of hydrogen-bond donors (Lipinski definition) is 1. The summed E-state index contributed by atoms with van der Waals surface area (Å²) in [5.74, 6) is 1.91. The number of hydrogen-bond acceptors (Lipinski definition) is 1. The van der Waals surface area contributed by atoms with Crippen LogP contribution in [-0.2, 0) is 0 Å². The second kappa shape index (κ2) is 7.28. The van der Waals surface area contributed by atoms with Crippen LogP contribution in [0.3, 0.4) is 0 Å². The average molecular weight is 197 g/mol. The van der Waals surface area contributed by atoms with Gasteiger partial charge in [-0.1, -0.05) is 46.0 Å². The van der Waals surface area contributed by atoms with Crippen molar-refractivity contribution in [1.29, 1.82) is 0 Å². The van der Waals surface area contributed by atoms with Gasteiger partial charge in [0.05, 0.1) is 0 Å². The summed E-state index contributed by atoms with van der Waals surface area (Å²) in [6.45, 7) is 7.10. The minimum absolute atomic E-state index is 0.864. The van der Waals surface area contributed by atoms with Gasteiger partial charge < -0.3 is 5.32 Å². The van der Waals surface area contributed by atoms with Gasteiger partial charge in [-0.15, -0.1) is 0 Å². The summed E-state index contributed by atoms with van der Waals surface area (Å²) < 4.78 is 0. The van der Waals surface area contributed by atoms with Crippen molar-refractivity contribution < 1.29 is 0 Å². The Kier molecular flexibility index (Phi) is 6.25. The molecule has 0 radical (unpaired) electrons. The molecule has 1 fully saturated rings. The van der Waals surface area contributed by atoms with E-state index in [4.69, 9.17) is 0 Å². The molecule has 1 aliphatic rings. The molecule has 84 valence electrons. The van der Waals surface area contributed by atoms with Crippen LogP contribution in [0.2, 0.25) is 0 Å². The Bertz CT molecular complexity index is 127. The van der Waals surface area contributed by atoms with Crippen molar-refractivity contribution in [3.05, 3.63) is 0 Å². The number of nitrogens with one attached hydrogen (secondary N) is 1. The molecule has 1 atom stereocenters. The highest BCUT2D eigenvalue weighted by Gasteiger charge is 2.13. The Morgan fingerprint density at radius 1 is 1.29 bits per heavy atom. The summed E-state index contributed by atoms with van der Waals surface area (Å²) >= 11 is 0. The van der Waals surface area contributed by atoms with Crippen molar-refractivity contribution in [3.8, 4) is 0 Å². The summed E-state index contributed by atoms with van der Waals surface area (Å²) in [6.07, 6.45) is 10.1. The van der Waals surface area contributed by atoms with Gasteiger partial charge in [0.25, 0.3) is 0 Å². The fourth-order valence-corrected chi connectivity index (χ4v) is 2.55. The van der Waals surface area contributed by atoms with Gasteiger partial charge in [-0.05, 0) is 37.8 Å². The van der Waals surface area contributed by atoms with Crippen molar-refractivity contribution in [2.24, 2.45) is 11.8 Å². The van der Waals surface area contributed by atoms with Crippen molar-refractivity contribution in [2.75, 3.05) is 13.1 Å². The topological polar surface area (TPSA) is 12.0 Å².